The fraction of sp³-hybridized carbons (Fsp3) is 0.273. The summed E-state index contributed by atoms with van der Waals surface area (Å²) in [4.78, 5) is 10.8. The molecule has 1 atom stereocenters. The molecule has 0 aliphatic carbocycles. The summed E-state index contributed by atoms with van der Waals surface area (Å²) in [6, 6.07) is 2.40. The van der Waals surface area contributed by atoms with Gasteiger partial charge >= 0.3 is 94.0 Å². The van der Waals surface area contributed by atoms with Crippen LogP contribution in [0.15, 0.2) is 12.1 Å². The van der Waals surface area contributed by atoms with Gasteiger partial charge in [-0.3, -0.25) is 0 Å². The molecule has 92 valence electrons. The van der Waals surface area contributed by atoms with Crippen molar-refractivity contribution in [2.24, 2.45) is 5.73 Å². The zero-order valence-corrected chi connectivity index (χ0v) is 11.1. The average molecular weight is 274 g/mol. The number of benzene rings is 1. The molecule has 0 bridgehead atoms. The van der Waals surface area contributed by atoms with Crippen molar-refractivity contribution in [2.75, 3.05) is 0 Å². The molecule has 0 saturated carbocycles. The molecule has 1 aromatic rings. The van der Waals surface area contributed by atoms with Gasteiger partial charge in [0.15, 0.2) is 0 Å². The summed E-state index contributed by atoms with van der Waals surface area (Å²) < 4.78 is 10.4. The molecule has 6 heteroatoms. The van der Waals surface area contributed by atoms with E-state index in [0.717, 1.165) is 11.1 Å². The predicted octanol–water partition coefficient (Wildman–Crippen LogP) is 2.41. The molecule has 0 spiro atoms. The largest absolute Gasteiger partial charge is 0.147 e. The van der Waals surface area contributed by atoms with Gasteiger partial charge in [-0.05, 0) is 0 Å². The van der Waals surface area contributed by atoms with E-state index in [4.69, 9.17) is 10.8 Å². The number of hydrogen-bond donors (Lipinski definition) is 2. The van der Waals surface area contributed by atoms with Crippen molar-refractivity contribution < 1.29 is 14.5 Å². The van der Waals surface area contributed by atoms with Crippen molar-refractivity contribution in [2.45, 2.75) is 19.9 Å². The number of rotatable bonds is 2. The van der Waals surface area contributed by atoms with Crippen LogP contribution in [-0.2, 0) is 9.36 Å². The normalized spacial score (nSPS) is 11.0. The number of aryl methyl sites for hydroxylation is 2. The molecule has 0 aromatic heterocycles. The Morgan fingerprint density at radius 2 is 2.00 bits per heavy atom. The standard InChI is InChI=1S/C11H12NO3P.ClH/c1-6-4-9(10(12)11(13)14)7(2)3-8(6)5-16-15;/h3-4,10H,12H2,1-2H3,(H,13,14);1H. The Balaban J connectivity index is 0.00000256. The Kier molecular flexibility index (Phi) is 6.22. The van der Waals surface area contributed by atoms with Gasteiger partial charge in [0.2, 0.25) is 0 Å². The maximum Gasteiger partial charge on any atom is -0.147 e. The minimum Gasteiger partial charge on any atom is -0.147 e. The fourth-order valence-corrected chi connectivity index (χ4v) is 1.82. The number of carboxylic acids is 1. The Bertz CT molecular complexity index is 539. The Morgan fingerprint density at radius 1 is 1.41 bits per heavy atom. The predicted molar refractivity (Wildman–Crippen MR) is 68.3 cm³/mol. The van der Waals surface area contributed by atoms with Crippen LogP contribution in [-0.4, -0.2) is 11.1 Å². The van der Waals surface area contributed by atoms with E-state index in [1.165, 1.54) is 0 Å². The second-order valence-corrected chi connectivity index (χ2v) is 3.95. The van der Waals surface area contributed by atoms with Gasteiger partial charge in [-0.15, -0.1) is 12.4 Å². The molecule has 0 heterocycles. The fourth-order valence-electron chi connectivity index (χ4n) is 1.48. The van der Waals surface area contributed by atoms with Crippen LogP contribution in [0.4, 0.5) is 0 Å². The summed E-state index contributed by atoms with van der Waals surface area (Å²) in [5.41, 5.74) is 11.0. The smallest absolute Gasteiger partial charge is 0.147 e. The van der Waals surface area contributed by atoms with Gasteiger partial charge < -0.3 is 0 Å². The molecule has 0 radical (unpaired) electrons. The van der Waals surface area contributed by atoms with Gasteiger partial charge in [0.05, 0.1) is 0 Å². The van der Waals surface area contributed by atoms with Crippen molar-refractivity contribution >= 4 is 26.3 Å². The number of carboxylic acid groups (broad SMARTS) is 1. The van der Waals surface area contributed by atoms with Crippen molar-refractivity contribution in [1.82, 2.24) is 0 Å². The molecule has 17 heavy (non-hydrogen) atoms. The average Bonchev–Trinajstić information content (AvgIpc) is 2.22. The Morgan fingerprint density at radius 3 is 2.47 bits per heavy atom. The van der Waals surface area contributed by atoms with Crippen molar-refractivity contribution in [3.8, 4) is 5.63 Å². The van der Waals surface area contributed by atoms with Crippen LogP contribution in [0.2, 0.25) is 0 Å². The first-order chi connectivity index (χ1) is 7.47. The van der Waals surface area contributed by atoms with Crippen molar-refractivity contribution in [1.29, 1.82) is 0 Å². The van der Waals surface area contributed by atoms with Gasteiger partial charge in [0, 0.05) is 0 Å². The summed E-state index contributed by atoms with van der Waals surface area (Å²) in [5, 5.41) is 8.83. The number of nitrogens with two attached hydrogens (primary N) is 1. The molecular formula is C11H13ClNO3P. The molecule has 0 saturated heterocycles. The number of halogens is 1. The van der Waals surface area contributed by atoms with E-state index < -0.39 is 12.0 Å². The number of aliphatic carboxylic acids is 1. The van der Waals surface area contributed by atoms with Gasteiger partial charge in [-0.25, -0.2) is 0 Å². The van der Waals surface area contributed by atoms with Gasteiger partial charge in [0.25, 0.3) is 0 Å². The SMILES string of the molecule is Cc1cc(C(N)C(=O)O)c(C)cc1C#P=O.Cl. The van der Waals surface area contributed by atoms with Crippen LogP contribution in [0.1, 0.15) is 28.3 Å². The molecule has 1 aromatic carbocycles. The maximum atomic E-state index is 10.8. The zero-order chi connectivity index (χ0) is 12.3. The van der Waals surface area contributed by atoms with Crippen LogP contribution in [0.25, 0.3) is 0 Å². The van der Waals surface area contributed by atoms with E-state index in [1.807, 2.05) is 0 Å². The van der Waals surface area contributed by atoms with Crippen LogP contribution >= 0.6 is 20.3 Å². The zero-order valence-electron chi connectivity index (χ0n) is 9.43. The second kappa shape index (κ2) is 6.63. The summed E-state index contributed by atoms with van der Waals surface area (Å²) in [6.07, 6.45) is 0. The molecule has 3 N–H and O–H groups in total. The van der Waals surface area contributed by atoms with E-state index >= 15 is 0 Å². The summed E-state index contributed by atoms with van der Waals surface area (Å²) in [7, 11) is -0.191. The summed E-state index contributed by atoms with van der Waals surface area (Å²) in [5.74, 6) is -1.06. The third kappa shape index (κ3) is 3.72. The van der Waals surface area contributed by atoms with Gasteiger partial charge in [-0.2, -0.15) is 0 Å². The van der Waals surface area contributed by atoms with E-state index in [-0.39, 0.29) is 20.3 Å². The molecule has 0 aliphatic heterocycles. The van der Waals surface area contributed by atoms with E-state index in [1.54, 1.807) is 26.0 Å². The topological polar surface area (TPSA) is 80.4 Å². The molecule has 0 aliphatic rings. The number of carbonyl (C=O) groups is 1. The second-order valence-electron chi connectivity index (χ2n) is 3.54. The van der Waals surface area contributed by atoms with Crippen LogP contribution in [0.3, 0.4) is 0 Å². The maximum absolute atomic E-state index is 10.8. The third-order valence-corrected chi connectivity index (χ3v) is 2.71. The first kappa shape index (κ1) is 16.0. The minimum atomic E-state index is -1.06. The number of hydrogen-bond acceptors (Lipinski definition) is 3. The monoisotopic (exact) mass is 273 g/mol. The van der Waals surface area contributed by atoms with Crippen LogP contribution < -0.4 is 5.73 Å². The van der Waals surface area contributed by atoms with Crippen molar-refractivity contribution in [3.63, 3.8) is 0 Å². The molecule has 4 nitrogen and oxygen atoms in total. The first-order valence-electron chi connectivity index (χ1n) is 4.65. The third-order valence-electron chi connectivity index (χ3n) is 2.38. The molecule has 0 amide bonds. The Labute approximate surface area is 107 Å². The van der Waals surface area contributed by atoms with Crippen molar-refractivity contribution in [3.05, 3.63) is 34.4 Å². The van der Waals surface area contributed by atoms with Gasteiger partial charge in [0.1, 0.15) is 0 Å². The first-order valence-corrected chi connectivity index (χ1v) is 5.46. The van der Waals surface area contributed by atoms with E-state index in [9.17, 15) is 9.36 Å². The molecule has 0 fully saturated rings. The van der Waals surface area contributed by atoms with Crippen LogP contribution in [0.5, 0.6) is 0 Å². The summed E-state index contributed by atoms with van der Waals surface area (Å²) >= 11 is 0. The van der Waals surface area contributed by atoms with Crippen LogP contribution in [0, 0.1) is 19.5 Å². The summed E-state index contributed by atoms with van der Waals surface area (Å²) in [6.45, 7) is 3.56. The molecular weight excluding hydrogens is 261 g/mol. The minimum absolute atomic E-state index is 0. The molecule has 1 unspecified atom stereocenters. The Hall–Kier alpha value is -1.05. The quantitative estimate of drug-likeness (QED) is 0.811. The van der Waals surface area contributed by atoms with E-state index in [0.29, 0.717) is 11.1 Å². The van der Waals surface area contributed by atoms with E-state index in [2.05, 4.69) is 5.63 Å². The van der Waals surface area contributed by atoms with Gasteiger partial charge in [-0.1, -0.05) is 0 Å². The molecule has 1 rings (SSSR count).